The van der Waals surface area contributed by atoms with E-state index in [4.69, 9.17) is 0 Å². The van der Waals surface area contributed by atoms with Crippen LogP contribution in [0.25, 0.3) is 0 Å². The number of hydrogen-bond acceptors (Lipinski definition) is 4. The van der Waals surface area contributed by atoms with E-state index in [0.29, 0.717) is 0 Å². The summed E-state index contributed by atoms with van der Waals surface area (Å²) in [4.78, 5) is 14.3. The van der Waals surface area contributed by atoms with Crippen molar-refractivity contribution in [3.63, 3.8) is 0 Å². The quantitative estimate of drug-likeness (QED) is 0.879. The number of aromatic nitrogens is 2. The number of rotatable bonds is 3. The van der Waals surface area contributed by atoms with Gasteiger partial charge in [-0.3, -0.25) is 4.79 Å². The van der Waals surface area contributed by atoms with Crippen LogP contribution in [0.2, 0.25) is 0 Å². The first kappa shape index (κ1) is 13.6. The Morgan fingerprint density at radius 1 is 1.10 bits per heavy atom. The summed E-state index contributed by atoms with van der Waals surface area (Å²) in [6.07, 6.45) is 8.19. The molecular formula is C15H24N4O. The molecule has 20 heavy (non-hydrogen) atoms. The second-order valence-corrected chi connectivity index (χ2v) is 5.89. The van der Waals surface area contributed by atoms with Crippen LogP contribution in [0.15, 0.2) is 4.79 Å². The van der Waals surface area contributed by atoms with Crippen molar-refractivity contribution in [1.29, 1.82) is 0 Å². The average Bonchev–Trinajstić information content (AvgIpc) is 2.76. The predicted molar refractivity (Wildman–Crippen MR) is 80.3 cm³/mol. The Labute approximate surface area is 119 Å². The Hall–Kier alpha value is -1.36. The molecule has 110 valence electrons. The van der Waals surface area contributed by atoms with Gasteiger partial charge in [0.05, 0.1) is 11.4 Å². The van der Waals surface area contributed by atoms with E-state index in [2.05, 4.69) is 20.4 Å². The Morgan fingerprint density at radius 2 is 1.90 bits per heavy atom. The van der Waals surface area contributed by atoms with Gasteiger partial charge in [-0.25, -0.2) is 5.10 Å². The first-order valence-corrected chi connectivity index (χ1v) is 7.91. The first-order chi connectivity index (χ1) is 9.84. The molecule has 2 N–H and O–H groups in total. The van der Waals surface area contributed by atoms with E-state index in [9.17, 15) is 4.79 Å². The summed E-state index contributed by atoms with van der Waals surface area (Å²) in [5.74, 6) is 0. The van der Waals surface area contributed by atoms with Gasteiger partial charge in [-0.2, -0.15) is 5.10 Å². The largest absolute Gasteiger partial charge is 0.383 e. The van der Waals surface area contributed by atoms with Gasteiger partial charge in [-0.1, -0.05) is 12.8 Å². The molecular weight excluding hydrogens is 252 g/mol. The van der Waals surface area contributed by atoms with Crippen molar-refractivity contribution in [3.05, 3.63) is 21.6 Å². The minimum atomic E-state index is -0.0225. The van der Waals surface area contributed by atoms with Gasteiger partial charge >= 0.3 is 0 Å². The highest BCUT2D eigenvalue weighted by atomic mass is 16.1. The molecule has 5 heteroatoms. The molecule has 0 bridgehead atoms. The van der Waals surface area contributed by atoms with Crippen LogP contribution in [-0.2, 0) is 12.8 Å². The molecule has 3 rings (SSSR count). The van der Waals surface area contributed by atoms with Gasteiger partial charge in [0.1, 0.15) is 0 Å². The molecule has 1 fully saturated rings. The number of nitrogens with zero attached hydrogens (tertiary/aromatic N) is 2. The highest BCUT2D eigenvalue weighted by Crippen LogP contribution is 2.21. The molecule has 1 aromatic heterocycles. The Kier molecular flexibility index (Phi) is 4.35. The van der Waals surface area contributed by atoms with Gasteiger partial charge in [0.2, 0.25) is 0 Å². The first-order valence-electron chi connectivity index (χ1n) is 7.91. The van der Waals surface area contributed by atoms with Gasteiger partial charge in [-0.15, -0.1) is 0 Å². The maximum atomic E-state index is 11.8. The zero-order chi connectivity index (χ0) is 13.8. The number of likely N-dealkylation sites (tertiary alicyclic amines) is 1. The highest BCUT2D eigenvalue weighted by molar-refractivity contribution is 5.55. The fourth-order valence-electron chi connectivity index (χ4n) is 3.26. The summed E-state index contributed by atoms with van der Waals surface area (Å²) in [6.45, 7) is 4.42. The molecule has 2 aliphatic heterocycles. The minimum Gasteiger partial charge on any atom is -0.383 e. The second kappa shape index (κ2) is 6.39. The lowest BCUT2D eigenvalue weighted by atomic mass is 10.0. The summed E-state index contributed by atoms with van der Waals surface area (Å²) in [5.41, 5.74) is 2.92. The molecule has 0 saturated carbocycles. The van der Waals surface area contributed by atoms with E-state index >= 15 is 0 Å². The normalized spacial score (nSPS) is 20.0. The fraction of sp³-hybridized carbons (Fsp3) is 0.733. The lowest BCUT2D eigenvalue weighted by molar-refractivity contribution is 0.287. The van der Waals surface area contributed by atoms with Crippen LogP contribution >= 0.6 is 0 Å². The molecule has 0 atom stereocenters. The predicted octanol–water partition coefficient (Wildman–Crippen LogP) is 1.55. The standard InChI is InChI=1S/C15H24N4O/c20-15-12-6-5-8-16-14(12)13(17-18-15)7-11-19-9-3-1-2-4-10-19/h16H,1-11H2,(H,18,20). The molecule has 1 saturated heterocycles. The summed E-state index contributed by atoms with van der Waals surface area (Å²) in [7, 11) is 0. The maximum Gasteiger partial charge on any atom is 0.269 e. The topological polar surface area (TPSA) is 61.0 Å². The zero-order valence-corrected chi connectivity index (χ0v) is 12.1. The summed E-state index contributed by atoms with van der Waals surface area (Å²) < 4.78 is 0. The van der Waals surface area contributed by atoms with Gasteiger partial charge in [0, 0.05) is 25.1 Å². The molecule has 0 amide bonds. The lowest BCUT2D eigenvalue weighted by Gasteiger charge is -2.22. The van der Waals surface area contributed by atoms with Crippen LogP contribution in [0, 0.1) is 0 Å². The van der Waals surface area contributed by atoms with Crippen LogP contribution in [0.4, 0.5) is 5.69 Å². The summed E-state index contributed by atoms with van der Waals surface area (Å²) in [5, 5.41) is 10.3. The van der Waals surface area contributed by atoms with Crippen LogP contribution in [0.3, 0.4) is 0 Å². The molecule has 0 unspecified atom stereocenters. The average molecular weight is 276 g/mol. The molecule has 0 spiro atoms. The van der Waals surface area contributed by atoms with Crippen molar-refractivity contribution in [2.24, 2.45) is 0 Å². The van der Waals surface area contributed by atoms with Crippen LogP contribution in [0.5, 0.6) is 0 Å². The van der Waals surface area contributed by atoms with Crippen molar-refractivity contribution < 1.29 is 0 Å². The van der Waals surface area contributed by atoms with E-state index in [1.165, 1.54) is 38.8 Å². The smallest absolute Gasteiger partial charge is 0.269 e. The van der Waals surface area contributed by atoms with Crippen molar-refractivity contribution >= 4 is 5.69 Å². The number of nitrogens with one attached hydrogen (secondary N) is 2. The number of anilines is 1. The second-order valence-electron chi connectivity index (χ2n) is 5.89. The van der Waals surface area contributed by atoms with E-state index in [1.807, 2.05) is 0 Å². The van der Waals surface area contributed by atoms with Crippen molar-refractivity contribution in [3.8, 4) is 0 Å². The molecule has 2 aliphatic rings. The van der Waals surface area contributed by atoms with Gasteiger partial charge < -0.3 is 10.2 Å². The van der Waals surface area contributed by atoms with Crippen LogP contribution in [0.1, 0.15) is 43.4 Å². The Balaban J connectivity index is 1.69. The van der Waals surface area contributed by atoms with Crippen LogP contribution in [-0.4, -0.2) is 41.3 Å². The number of hydrogen-bond donors (Lipinski definition) is 2. The Morgan fingerprint density at radius 3 is 2.70 bits per heavy atom. The monoisotopic (exact) mass is 276 g/mol. The highest BCUT2D eigenvalue weighted by Gasteiger charge is 2.18. The third-order valence-electron chi connectivity index (χ3n) is 4.43. The third-order valence-corrected chi connectivity index (χ3v) is 4.43. The van der Waals surface area contributed by atoms with Gasteiger partial charge in [0.25, 0.3) is 5.56 Å². The minimum absolute atomic E-state index is 0.0225. The third kappa shape index (κ3) is 3.03. The number of fused-ring (bicyclic) bond motifs is 1. The Bertz CT molecular complexity index is 503. The van der Waals surface area contributed by atoms with Crippen molar-refractivity contribution in [2.75, 3.05) is 31.5 Å². The van der Waals surface area contributed by atoms with E-state index in [1.54, 1.807) is 0 Å². The van der Waals surface area contributed by atoms with Crippen LogP contribution < -0.4 is 10.9 Å². The zero-order valence-electron chi connectivity index (χ0n) is 12.1. The van der Waals surface area contributed by atoms with Gasteiger partial charge in [-0.05, 0) is 38.8 Å². The summed E-state index contributed by atoms with van der Waals surface area (Å²) >= 11 is 0. The van der Waals surface area contributed by atoms with E-state index in [-0.39, 0.29) is 5.56 Å². The summed E-state index contributed by atoms with van der Waals surface area (Å²) in [6, 6.07) is 0. The van der Waals surface area contributed by atoms with Crippen molar-refractivity contribution in [2.45, 2.75) is 44.9 Å². The SMILES string of the molecule is O=c1[nH]nc(CCN2CCCCCC2)c2c1CCCN2. The molecule has 1 aromatic rings. The molecule has 0 aromatic carbocycles. The lowest BCUT2D eigenvalue weighted by Crippen LogP contribution is -2.29. The van der Waals surface area contributed by atoms with E-state index < -0.39 is 0 Å². The molecule has 0 radical (unpaired) electrons. The maximum absolute atomic E-state index is 11.8. The van der Waals surface area contributed by atoms with E-state index in [0.717, 1.165) is 49.3 Å². The number of H-pyrrole nitrogens is 1. The molecule has 5 nitrogen and oxygen atoms in total. The fourth-order valence-corrected chi connectivity index (χ4v) is 3.26. The molecule has 0 aliphatic carbocycles. The molecule has 3 heterocycles. The number of aromatic amines is 1. The van der Waals surface area contributed by atoms with Gasteiger partial charge in [0.15, 0.2) is 0 Å². The van der Waals surface area contributed by atoms with Crippen molar-refractivity contribution in [1.82, 2.24) is 15.1 Å².